The van der Waals surface area contributed by atoms with E-state index in [0.717, 1.165) is 34.3 Å². The number of fused-ring (bicyclic) bond motifs is 3. The standard InChI is InChI=1S/C27H24N4O2/c1-16-6-8-18(9-7-16)26(32)30-20-12-10-19(11-13-20)29-22-14-15-28-25-24(22)23-17(2)4-3-5-21(23)27(33)31-25/h3,5-15,17H,4H2,1-2H3,(H,30,32)(H2,28,29,31,33). The van der Waals surface area contributed by atoms with E-state index in [-0.39, 0.29) is 17.4 Å². The molecule has 0 fully saturated rings. The molecular formula is C27H24N4O2. The van der Waals surface area contributed by atoms with E-state index in [9.17, 15) is 9.59 Å². The van der Waals surface area contributed by atoms with Crippen LogP contribution in [0.15, 0.2) is 71.7 Å². The Bertz CT molecular complexity index is 1430. The molecule has 1 atom stereocenters. The quantitative estimate of drug-likeness (QED) is 0.380. The lowest BCUT2D eigenvalue weighted by atomic mass is 9.86. The van der Waals surface area contributed by atoms with Gasteiger partial charge in [0.15, 0.2) is 0 Å². The monoisotopic (exact) mass is 436 g/mol. The molecule has 4 aromatic rings. The van der Waals surface area contributed by atoms with Crippen molar-refractivity contribution in [2.75, 3.05) is 10.6 Å². The molecule has 1 aliphatic rings. The molecule has 2 aromatic carbocycles. The molecule has 2 aromatic heterocycles. The molecule has 0 bridgehead atoms. The summed E-state index contributed by atoms with van der Waals surface area (Å²) in [4.78, 5) is 32.3. The van der Waals surface area contributed by atoms with Crippen molar-refractivity contribution in [2.24, 2.45) is 0 Å². The van der Waals surface area contributed by atoms with E-state index >= 15 is 0 Å². The van der Waals surface area contributed by atoms with Gasteiger partial charge in [-0.05, 0) is 67.3 Å². The number of pyridine rings is 2. The van der Waals surface area contributed by atoms with Crippen molar-refractivity contribution < 1.29 is 4.79 Å². The van der Waals surface area contributed by atoms with Crippen LogP contribution in [0.2, 0.25) is 0 Å². The van der Waals surface area contributed by atoms with Gasteiger partial charge in [0, 0.05) is 34.1 Å². The average Bonchev–Trinajstić information content (AvgIpc) is 2.81. The number of aryl methyl sites for hydroxylation is 1. The summed E-state index contributed by atoms with van der Waals surface area (Å²) in [5.41, 5.74) is 6.38. The third-order valence-electron chi connectivity index (χ3n) is 5.99. The number of benzene rings is 2. The minimum absolute atomic E-state index is 0.112. The maximum atomic E-state index is 12.5. The number of nitrogens with zero attached hydrogens (tertiary/aromatic N) is 1. The van der Waals surface area contributed by atoms with Crippen LogP contribution in [-0.4, -0.2) is 15.9 Å². The highest BCUT2D eigenvalue weighted by Crippen LogP contribution is 2.36. The zero-order valence-electron chi connectivity index (χ0n) is 18.5. The molecule has 5 rings (SSSR count). The Kier molecular flexibility index (Phi) is 5.26. The molecule has 3 N–H and O–H groups in total. The van der Waals surface area contributed by atoms with Gasteiger partial charge in [-0.2, -0.15) is 0 Å². The summed E-state index contributed by atoms with van der Waals surface area (Å²) < 4.78 is 0. The highest BCUT2D eigenvalue weighted by Gasteiger charge is 2.21. The summed E-state index contributed by atoms with van der Waals surface area (Å²) in [7, 11) is 0. The smallest absolute Gasteiger partial charge is 0.257 e. The van der Waals surface area contributed by atoms with E-state index < -0.39 is 0 Å². The lowest BCUT2D eigenvalue weighted by Gasteiger charge is -2.21. The first kappa shape index (κ1) is 20.7. The Hall–Kier alpha value is -4.19. The third kappa shape index (κ3) is 4.03. The van der Waals surface area contributed by atoms with Gasteiger partial charge in [-0.25, -0.2) is 4.98 Å². The Labute approximate surface area is 191 Å². The molecule has 6 nitrogen and oxygen atoms in total. The molecule has 33 heavy (non-hydrogen) atoms. The van der Waals surface area contributed by atoms with Gasteiger partial charge in [0.1, 0.15) is 5.65 Å². The van der Waals surface area contributed by atoms with Gasteiger partial charge in [0.2, 0.25) is 0 Å². The number of aromatic amines is 1. The minimum atomic E-state index is -0.145. The molecule has 0 saturated heterocycles. The van der Waals surface area contributed by atoms with Gasteiger partial charge < -0.3 is 15.6 Å². The number of nitrogens with one attached hydrogen (secondary N) is 3. The normalized spacial score (nSPS) is 14.7. The lowest BCUT2D eigenvalue weighted by molar-refractivity contribution is 0.102. The SMILES string of the molecule is Cc1ccc(C(=O)Nc2ccc(Nc3ccnc4[nH]c(=O)c5c(c34)C(C)CC=C5)cc2)cc1. The van der Waals surface area contributed by atoms with Crippen LogP contribution < -0.4 is 16.2 Å². The number of H-pyrrole nitrogens is 1. The van der Waals surface area contributed by atoms with Crippen molar-refractivity contribution in [3.8, 4) is 0 Å². The molecule has 0 radical (unpaired) electrons. The van der Waals surface area contributed by atoms with Crippen LogP contribution in [0, 0.1) is 6.92 Å². The largest absolute Gasteiger partial charge is 0.355 e. The molecule has 6 heteroatoms. The highest BCUT2D eigenvalue weighted by atomic mass is 16.1. The topological polar surface area (TPSA) is 86.9 Å². The number of amides is 1. The van der Waals surface area contributed by atoms with E-state index in [2.05, 4.69) is 27.5 Å². The maximum absolute atomic E-state index is 12.5. The predicted molar refractivity (Wildman–Crippen MR) is 133 cm³/mol. The second kappa shape index (κ2) is 8.39. The molecule has 0 spiro atoms. The van der Waals surface area contributed by atoms with E-state index in [1.165, 1.54) is 0 Å². The van der Waals surface area contributed by atoms with Crippen molar-refractivity contribution in [3.05, 3.63) is 99.5 Å². The fourth-order valence-electron chi connectivity index (χ4n) is 4.25. The Morgan fingerprint density at radius 2 is 1.76 bits per heavy atom. The van der Waals surface area contributed by atoms with Crippen LogP contribution in [0.5, 0.6) is 0 Å². The zero-order chi connectivity index (χ0) is 22.9. The summed E-state index contributed by atoms with van der Waals surface area (Å²) in [5, 5.41) is 7.32. The van der Waals surface area contributed by atoms with Crippen LogP contribution >= 0.6 is 0 Å². The maximum Gasteiger partial charge on any atom is 0.257 e. The predicted octanol–water partition coefficient (Wildman–Crippen LogP) is 5.75. The number of hydrogen-bond acceptors (Lipinski definition) is 4. The molecule has 0 saturated carbocycles. The van der Waals surface area contributed by atoms with Crippen LogP contribution in [0.4, 0.5) is 17.1 Å². The number of aromatic nitrogens is 2. The number of allylic oxidation sites excluding steroid dienone is 1. The third-order valence-corrected chi connectivity index (χ3v) is 5.99. The first-order chi connectivity index (χ1) is 16.0. The van der Waals surface area contributed by atoms with E-state index in [1.807, 2.05) is 73.7 Å². The zero-order valence-corrected chi connectivity index (χ0v) is 18.5. The minimum Gasteiger partial charge on any atom is -0.355 e. The highest BCUT2D eigenvalue weighted by molar-refractivity contribution is 6.04. The second-order valence-electron chi connectivity index (χ2n) is 8.43. The first-order valence-electron chi connectivity index (χ1n) is 11.0. The van der Waals surface area contributed by atoms with E-state index in [0.29, 0.717) is 22.5 Å². The molecule has 1 amide bonds. The van der Waals surface area contributed by atoms with Crippen molar-refractivity contribution >= 4 is 40.1 Å². The van der Waals surface area contributed by atoms with Gasteiger partial charge in [0.25, 0.3) is 11.5 Å². The average molecular weight is 437 g/mol. The van der Waals surface area contributed by atoms with Crippen LogP contribution in [0.1, 0.15) is 46.3 Å². The molecule has 2 heterocycles. The van der Waals surface area contributed by atoms with E-state index in [1.54, 1.807) is 6.20 Å². The number of anilines is 3. The van der Waals surface area contributed by atoms with Crippen molar-refractivity contribution in [1.82, 2.24) is 9.97 Å². The number of carbonyl (C=O) groups excluding carboxylic acids is 1. The summed E-state index contributed by atoms with van der Waals surface area (Å²) in [5.74, 6) is 0.0763. The lowest BCUT2D eigenvalue weighted by Crippen LogP contribution is -2.17. The van der Waals surface area contributed by atoms with Crippen LogP contribution in [0.25, 0.3) is 17.1 Å². The number of carbonyl (C=O) groups is 1. The fourth-order valence-corrected chi connectivity index (χ4v) is 4.25. The van der Waals surface area contributed by atoms with Crippen molar-refractivity contribution in [3.63, 3.8) is 0 Å². The summed E-state index contributed by atoms with van der Waals surface area (Å²) >= 11 is 0. The molecule has 1 aliphatic carbocycles. The van der Waals surface area contributed by atoms with E-state index in [4.69, 9.17) is 0 Å². The number of hydrogen-bond donors (Lipinski definition) is 3. The molecule has 164 valence electrons. The number of rotatable bonds is 4. The van der Waals surface area contributed by atoms with Gasteiger partial charge >= 0.3 is 0 Å². The fraction of sp³-hybridized carbons (Fsp3) is 0.148. The summed E-state index contributed by atoms with van der Waals surface area (Å²) in [6, 6.07) is 16.9. The van der Waals surface area contributed by atoms with Crippen LogP contribution in [-0.2, 0) is 0 Å². The Morgan fingerprint density at radius 3 is 2.52 bits per heavy atom. The van der Waals surface area contributed by atoms with Gasteiger partial charge in [-0.15, -0.1) is 0 Å². The van der Waals surface area contributed by atoms with Gasteiger partial charge in [0.05, 0.1) is 5.69 Å². The van der Waals surface area contributed by atoms with Gasteiger partial charge in [-0.1, -0.05) is 36.8 Å². The van der Waals surface area contributed by atoms with Gasteiger partial charge in [-0.3, -0.25) is 9.59 Å². The molecule has 0 aliphatic heterocycles. The Morgan fingerprint density at radius 1 is 1.03 bits per heavy atom. The molecule has 1 unspecified atom stereocenters. The van der Waals surface area contributed by atoms with Crippen molar-refractivity contribution in [1.29, 1.82) is 0 Å². The molecular weight excluding hydrogens is 412 g/mol. The first-order valence-corrected chi connectivity index (χ1v) is 11.0. The van der Waals surface area contributed by atoms with Crippen LogP contribution in [0.3, 0.4) is 0 Å². The summed E-state index contributed by atoms with van der Waals surface area (Å²) in [6.45, 7) is 4.12. The summed E-state index contributed by atoms with van der Waals surface area (Å²) in [6.07, 6.45) is 6.51. The Balaban J connectivity index is 1.42. The second-order valence-corrected chi connectivity index (χ2v) is 8.43. The van der Waals surface area contributed by atoms with Crippen molar-refractivity contribution in [2.45, 2.75) is 26.2 Å².